The van der Waals surface area contributed by atoms with Gasteiger partial charge in [0.1, 0.15) is 29.3 Å². The topological polar surface area (TPSA) is 48.7 Å². The van der Waals surface area contributed by atoms with Crippen molar-refractivity contribution >= 4 is 11.0 Å². The summed E-state index contributed by atoms with van der Waals surface area (Å²) in [6, 6.07) is 9.61. The maximum atomic E-state index is 12.6. The Morgan fingerprint density at radius 2 is 1.87 bits per heavy atom. The molecule has 0 radical (unpaired) electrons. The number of rotatable bonds is 1. The van der Waals surface area contributed by atoms with Gasteiger partial charge in [-0.15, -0.1) is 0 Å². The van der Waals surface area contributed by atoms with Crippen LogP contribution in [0, 0.1) is 13.8 Å². The summed E-state index contributed by atoms with van der Waals surface area (Å²) >= 11 is 0. The Labute approximate surface area is 133 Å². The molecule has 4 heteroatoms. The van der Waals surface area contributed by atoms with Gasteiger partial charge in [0.15, 0.2) is 0 Å². The SMILES string of the molecule is COc1ccc2c(c1)COc1c-2c(=O)oc2c(C)ccc(C)c12. The molecule has 0 aliphatic carbocycles. The van der Waals surface area contributed by atoms with E-state index in [9.17, 15) is 4.79 Å². The van der Waals surface area contributed by atoms with E-state index in [1.165, 1.54) is 0 Å². The molecule has 0 bridgehead atoms. The van der Waals surface area contributed by atoms with Crippen molar-refractivity contribution in [1.82, 2.24) is 0 Å². The third-order valence-electron chi connectivity index (χ3n) is 4.37. The van der Waals surface area contributed by atoms with Crippen LogP contribution in [0.25, 0.3) is 22.1 Å². The van der Waals surface area contributed by atoms with Crippen molar-refractivity contribution in [3.8, 4) is 22.6 Å². The standard InChI is InChI=1S/C19H16O4/c1-10-4-5-11(2)17-15(10)18-16(19(20)23-17)14-7-6-13(21-3)8-12(14)9-22-18/h4-8H,9H2,1-3H3. The number of hydrogen-bond donors (Lipinski definition) is 0. The van der Waals surface area contributed by atoms with Crippen LogP contribution < -0.4 is 15.1 Å². The molecule has 1 aromatic heterocycles. The van der Waals surface area contributed by atoms with E-state index in [1.807, 2.05) is 44.2 Å². The van der Waals surface area contributed by atoms with Crippen molar-refractivity contribution in [2.24, 2.45) is 0 Å². The molecule has 1 aliphatic rings. The van der Waals surface area contributed by atoms with Gasteiger partial charge >= 0.3 is 5.63 Å². The van der Waals surface area contributed by atoms with Crippen LogP contribution in [-0.4, -0.2) is 7.11 Å². The van der Waals surface area contributed by atoms with Crippen molar-refractivity contribution in [2.75, 3.05) is 7.11 Å². The van der Waals surface area contributed by atoms with E-state index in [0.29, 0.717) is 23.5 Å². The number of benzene rings is 2. The highest BCUT2D eigenvalue weighted by Gasteiger charge is 2.26. The van der Waals surface area contributed by atoms with Gasteiger partial charge in [-0.3, -0.25) is 0 Å². The van der Waals surface area contributed by atoms with Crippen LogP contribution >= 0.6 is 0 Å². The fourth-order valence-electron chi connectivity index (χ4n) is 3.15. The fourth-order valence-corrected chi connectivity index (χ4v) is 3.15. The lowest BCUT2D eigenvalue weighted by molar-refractivity contribution is 0.302. The van der Waals surface area contributed by atoms with Crippen LogP contribution in [0.1, 0.15) is 16.7 Å². The first-order valence-corrected chi connectivity index (χ1v) is 7.47. The lowest BCUT2D eigenvalue weighted by Crippen LogP contribution is -2.14. The summed E-state index contributed by atoms with van der Waals surface area (Å²) < 4.78 is 16.8. The third kappa shape index (κ3) is 1.95. The molecule has 0 unspecified atom stereocenters. The molecule has 23 heavy (non-hydrogen) atoms. The van der Waals surface area contributed by atoms with Crippen LogP contribution in [0.15, 0.2) is 39.5 Å². The molecular weight excluding hydrogens is 292 g/mol. The second kappa shape index (κ2) is 4.88. The van der Waals surface area contributed by atoms with Gasteiger partial charge in [-0.2, -0.15) is 0 Å². The van der Waals surface area contributed by atoms with E-state index in [2.05, 4.69) is 0 Å². The number of fused-ring (bicyclic) bond motifs is 5. The maximum absolute atomic E-state index is 12.6. The van der Waals surface area contributed by atoms with Crippen molar-refractivity contribution in [1.29, 1.82) is 0 Å². The van der Waals surface area contributed by atoms with E-state index in [-0.39, 0.29) is 5.63 Å². The lowest BCUT2D eigenvalue weighted by atomic mass is 9.95. The van der Waals surface area contributed by atoms with Gasteiger partial charge in [-0.1, -0.05) is 12.1 Å². The molecule has 4 rings (SSSR count). The van der Waals surface area contributed by atoms with E-state index in [0.717, 1.165) is 33.4 Å². The summed E-state index contributed by atoms with van der Waals surface area (Å²) in [6.07, 6.45) is 0. The smallest absolute Gasteiger partial charge is 0.348 e. The number of hydrogen-bond acceptors (Lipinski definition) is 4. The van der Waals surface area contributed by atoms with Crippen LogP contribution in [0.3, 0.4) is 0 Å². The number of ether oxygens (including phenoxy) is 2. The Morgan fingerprint density at radius 1 is 1.09 bits per heavy atom. The quantitative estimate of drug-likeness (QED) is 0.638. The van der Waals surface area contributed by atoms with Crippen molar-refractivity contribution < 1.29 is 13.9 Å². The summed E-state index contributed by atoms with van der Waals surface area (Å²) in [5.41, 5.74) is 4.46. The van der Waals surface area contributed by atoms with Gasteiger partial charge in [0.2, 0.25) is 0 Å². The Kier molecular flexibility index (Phi) is 2.94. The molecule has 4 nitrogen and oxygen atoms in total. The van der Waals surface area contributed by atoms with Gasteiger partial charge in [0, 0.05) is 5.56 Å². The summed E-state index contributed by atoms with van der Waals surface area (Å²) in [4.78, 5) is 12.6. The van der Waals surface area contributed by atoms with Crippen molar-refractivity contribution in [3.05, 3.63) is 57.4 Å². The predicted octanol–water partition coefficient (Wildman–Crippen LogP) is 3.98. The second-order valence-electron chi connectivity index (χ2n) is 5.81. The highest BCUT2D eigenvalue weighted by Crippen LogP contribution is 2.42. The highest BCUT2D eigenvalue weighted by atomic mass is 16.5. The van der Waals surface area contributed by atoms with E-state index in [4.69, 9.17) is 13.9 Å². The molecule has 0 fully saturated rings. The summed E-state index contributed by atoms with van der Waals surface area (Å²) in [5, 5.41) is 0.876. The van der Waals surface area contributed by atoms with Crippen molar-refractivity contribution in [2.45, 2.75) is 20.5 Å². The van der Waals surface area contributed by atoms with Crippen LogP contribution in [-0.2, 0) is 6.61 Å². The zero-order valence-corrected chi connectivity index (χ0v) is 13.2. The van der Waals surface area contributed by atoms with E-state index >= 15 is 0 Å². The second-order valence-corrected chi connectivity index (χ2v) is 5.81. The zero-order chi connectivity index (χ0) is 16.1. The molecule has 1 aliphatic heterocycles. The summed E-state index contributed by atoms with van der Waals surface area (Å²) in [7, 11) is 1.62. The first-order valence-electron chi connectivity index (χ1n) is 7.47. The normalized spacial score (nSPS) is 12.5. The van der Waals surface area contributed by atoms with Gasteiger partial charge in [0.05, 0.1) is 12.5 Å². The van der Waals surface area contributed by atoms with Gasteiger partial charge < -0.3 is 13.9 Å². The minimum atomic E-state index is -0.368. The molecule has 0 saturated carbocycles. The van der Waals surface area contributed by atoms with Crippen LogP contribution in [0.5, 0.6) is 11.5 Å². The molecule has 3 aromatic rings. The Hall–Kier alpha value is -2.75. The molecule has 0 saturated heterocycles. The average molecular weight is 308 g/mol. The Bertz CT molecular complexity index is 998. The minimum Gasteiger partial charge on any atom is -0.497 e. The Balaban J connectivity index is 2.11. The molecule has 0 N–H and O–H groups in total. The Morgan fingerprint density at radius 3 is 2.65 bits per heavy atom. The van der Waals surface area contributed by atoms with E-state index < -0.39 is 0 Å². The number of aryl methyl sites for hydroxylation is 2. The minimum absolute atomic E-state index is 0.368. The third-order valence-corrected chi connectivity index (χ3v) is 4.37. The van der Waals surface area contributed by atoms with Crippen molar-refractivity contribution in [3.63, 3.8) is 0 Å². The first kappa shape index (κ1) is 13.9. The molecule has 0 amide bonds. The highest BCUT2D eigenvalue weighted by molar-refractivity contribution is 5.95. The maximum Gasteiger partial charge on any atom is 0.348 e. The summed E-state index contributed by atoms with van der Waals surface area (Å²) in [5.74, 6) is 1.36. The predicted molar refractivity (Wildman–Crippen MR) is 88.3 cm³/mol. The molecule has 116 valence electrons. The van der Waals surface area contributed by atoms with Crippen LogP contribution in [0.2, 0.25) is 0 Å². The summed E-state index contributed by atoms with van der Waals surface area (Å²) in [6.45, 7) is 4.33. The average Bonchev–Trinajstić information content (AvgIpc) is 2.57. The fraction of sp³-hybridized carbons (Fsp3) is 0.211. The monoisotopic (exact) mass is 308 g/mol. The van der Waals surface area contributed by atoms with Gasteiger partial charge in [-0.25, -0.2) is 4.79 Å². The largest absolute Gasteiger partial charge is 0.497 e. The molecule has 2 heterocycles. The first-order chi connectivity index (χ1) is 11.1. The zero-order valence-electron chi connectivity index (χ0n) is 13.2. The molecular formula is C19H16O4. The molecule has 2 aromatic carbocycles. The van der Waals surface area contributed by atoms with E-state index in [1.54, 1.807) is 7.11 Å². The van der Waals surface area contributed by atoms with Gasteiger partial charge in [0.25, 0.3) is 0 Å². The molecule has 0 spiro atoms. The van der Waals surface area contributed by atoms with Gasteiger partial charge in [-0.05, 0) is 48.7 Å². The van der Waals surface area contributed by atoms with Crippen LogP contribution in [0.4, 0.5) is 0 Å². The number of methoxy groups -OCH3 is 1. The lowest BCUT2D eigenvalue weighted by Gasteiger charge is -2.22. The molecule has 0 atom stereocenters.